The number of pyridine rings is 2. The topological polar surface area (TPSA) is 63.9 Å². The summed E-state index contributed by atoms with van der Waals surface area (Å²) in [6.07, 6.45) is 5.83. The van der Waals surface area contributed by atoms with E-state index in [-0.39, 0.29) is 5.56 Å². The normalized spacial score (nSPS) is 20.1. The molecule has 1 atom stereocenters. The molecular weight excluding hydrogens is 302 g/mol. The first-order valence-corrected chi connectivity index (χ1v) is 8.34. The lowest BCUT2D eigenvalue weighted by molar-refractivity contribution is 0.181. The highest BCUT2D eigenvalue weighted by Gasteiger charge is 2.31. The molecule has 0 aromatic carbocycles. The van der Waals surface area contributed by atoms with Gasteiger partial charge in [0.1, 0.15) is 5.82 Å². The molecule has 6 nitrogen and oxygen atoms in total. The molecule has 2 aliphatic heterocycles. The van der Waals surface area contributed by atoms with E-state index < -0.39 is 0 Å². The SMILES string of the molecule is O=c1c2ncc(-c3ccccn3)cc2nc2n1CC1CCCN1C2. The molecule has 0 bridgehead atoms. The van der Waals surface area contributed by atoms with E-state index in [1.165, 1.54) is 6.42 Å². The fraction of sp³-hybridized carbons (Fsp3) is 0.333. The highest BCUT2D eigenvalue weighted by Crippen LogP contribution is 2.26. The zero-order valence-electron chi connectivity index (χ0n) is 13.2. The van der Waals surface area contributed by atoms with Gasteiger partial charge in [-0.15, -0.1) is 0 Å². The van der Waals surface area contributed by atoms with Crippen LogP contribution in [0.3, 0.4) is 0 Å². The summed E-state index contributed by atoms with van der Waals surface area (Å²) in [7, 11) is 0. The largest absolute Gasteiger partial charge is 0.292 e. The van der Waals surface area contributed by atoms with Crippen LogP contribution in [0.4, 0.5) is 0 Å². The summed E-state index contributed by atoms with van der Waals surface area (Å²) in [5.41, 5.74) is 2.81. The fourth-order valence-electron chi connectivity index (χ4n) is 3.83. The van der Waals surface area contributed by atoms with Crippen molar-refractivity contribution in [1.29, 1.82) is 0 Å². The predicted octanol–water partition coefficient (Wildman–Crippen LogP) is 1.83. The van der Waals surface area contributed by atoms with E-state index in [0.717, 1.165) is 43.1 Å². The second-order valence-corrected chi connectivity index (χ2v) is 6.52. The first-order valence-electron chi connectivity index (χ1n) is 8.34. The van der Waals surface area contributed by atoms with Crippen LogP contribution in [-0.4, -0.2) is 37.0 Å². The lowest BCUT2D eigenvalue weighted by atomic mass is 10.1. The van der Waals surface area contributed by atoms with Crippen LogP contribution in [0.15, 0.2) is 41.5 Å². The minimum Gasteiger partial charge on any atom is -0.292 e. The second-order valence-electron chi connectivity index (χ2n) is 6.52. The monoisotopic (exact) mass is 319 g/mol. The van der Waals surface area contributed by atoms with Crippen molar-refractivity contribution in [3.63, 3.8) is 0 Å². The molecule has 6 heteroatoms. The number of nitrogens with zero attached hydrogens (tertiary/aromatic N) is 5. The summed E-state index contributed by atoms with van der Waals surface area (Å²) in [4.78, 5) is 28.8. The van der Waals surface area contributed by atoms with Gasteiger partial charge in [0.25, 0.3) is 5.56 Å². The molecule has 0 amide bonds. The summed E-state index contributed by atoms with van der Waals surface area (Å²) in [5, 5.41) is 0. The Hall–Kier alpha value is -2.60. The Bertz CT molecular complexity index is 982. The van der Waals surface area contributed by atoms with Crippen molar-refractivity contribution >= 4 is 11.0 Å². The molecule has 24 heavy (non-hydrogen) atoms. The maximum absolute atomic E-state index is 12.8. The fourth-order valence-corrected chi connectivity index (χ4v) is 3.83. The Kier molecular flexibility index (Phi) is 2.99. The Morgan fingerprint density at radius 3 is 3.04 bits per heavy atom. The predicted molar refractivity (Wildman–Crippen MR) is 90.5 cm³/mol. The first kappa shape index (κ1) is 13.8. The van der Waals surface area contributed by atoms with Crippen molar-refractivity contribution in [3.05, 3.63) is 52.8 Å². The molecule has 2 aliphatic rings. The van der Waals surface area contributed by atoms with Gasteiger partial charge in [0.15, 0.2) is 5.52 Å². The maximum Gasteiger partial charge on any atom is 0.280 e. The van der Waals surface area contributed by atoms with Crippen molar-refractivity contribution in [2.75, 3.05) is 6.54 Å². The van der Waals surface area contributed by atoms with Crippen LogP contribution in [0.5, 0.6) is 0 Å². The smallest absolute Gasteiger partial charge is 0.280 e. The molecule has 0 radical (unpaired) electrons. The number of hydrogen-bond acceptors (Lipinski definition) is 5. The molecule has 3 aromatic rings. The van der Waals surface area contributed by atoms with Gasteiger partial charge in [-0.05, 0) is 37.6 Å². The standard InChI is InChI=1S/C18H17N5O/c24-18-17-15(8-12(9-20-17)14-5-1-2-6-19-14)21-16-11-22-7-3-4-13(22)10-23(16)18/h1-2,5-6,8-9,13H,3-4,7,10-11H2. The third kappa shape index (κ3) is 2.06. The van der Waals surface area contributed by atoms with Crippen LogP contribution < -0.4 is 5.56 Å². The summed E-state index contributed by atoms with van der Waals surface area (Å²) in [6, 6.07) is 8.15. The zero-order chi connectivity index (χ0) is 16.1. The molecule has 0 saturated carbocycles. The van der Waals surface area contributed by atoms with Gasteiger partial charge in [0, 0.05) is 30.5 Å². The van der Waals surface area contributed by atoms with Crippen molar-refractivity contribution in [3.8, 4) is 11.3 Å². The van der Waals surface area contributed by atoms with Gasteiger partial charge in [-0.25, -0.2) is 9.97 Å². The van der Waals surface area contributed by atoms with Gasteiger partial charge in [-0.3, -0.25) is 19.2 Å². The maximum atomic E-state index is 12.8. The van der Waals surface area contributed by atoms with Gasteiger partial charge in [0.2, 0.25) is 0 Å². The molecule has 120 valence electrons. The van der Waals surface area contributed by atoms with Crippen molar-refractivity contribution < 1.29 is 0 Å². The van der Waals surface area contributed by atoms with E-state index in [0.29, 0.717) is 17.1 Å². The summed E-state index contributed by atoms with van der Waals surface area (Å²) in [5.74, 6) is 0.852. The molecule has 3 aromatic heterocycles. The third-order valence-corrected chi connectivity index (χ3v) is 5.07. The molecular formula is C18H17N5O. The zero-order valence-corrected chi connectivity index (χ0v) is 13.2. The highest BCUT2D eigenvalue weighted by molar-refractivity contribution is 5.78. The van der Waals surface area contributed by atoms with Crippen LogP contribution in [0.25, 0.3) is 22.3 Å². The quantitative estimate of drug-likeness (QED) is 0.685. The van der Waals surface area contributed by atoms with Gasteiger partial charge in [-0.1, -0.05) is 6.07 Å². The molecule has 0 aliphatic carbocycles. The summed E-state index contributed by atoms with van der Waals surface area (Å²) >= 11 is 0. The van der Waals surface area contributed by atoms with Gasteiger partial charge in [0.05, 0.1) is 17.8 Å². The molecule has 1 saturated heterocycles. The van der Waals surface area contributed by atoms with E-state index >= 15 is 0 Å². The number of hydrogen-bond donors (Lipinski definition) is 0. The van der Waals surface area contributed by atoms with E-state index in [9.17, 15) is 4.79 Å². The van der Waals surface area contributed by atoms with Gasteiger partial charge < -0.3 is 0 Å². The van der Waals surface area contributed by atoms with Crippen molar-refractivity contribution in [2.24, 2.45) is 0 Å². The molecule has 5 rings (SSSR count). The molecule has 0 N–H and O–H groups in total. The van der Waals surface area contributed by atoms with Gasteiger partial charge in [-0.2, -0.15) is 0 Å². The number of aromatic nitrogens is 4. The van der Waals surface area contributed by atoms with Crippen molar-refractivity contribution in [1.82, 2.24) is 24.4 Å². The Morgan fingerprint density at radius 2 is 2.17 bits per heavy atom. The number of rotatable bonds is 1. The molecule has 1 fully saturated rings. The number of fused-ring (bicyclic) bond motifs is 3. The minimum absolute atomic E-state index is 0.0193. The minimum atomic E-state index is -0.0193. The van der Waals surface area contributed by atoms with Gasteiger partial charge >= 0.3 is 0 Å². The van der Waals surface area contributed by atoms with E-state index in [2.05, 4.69) is 14.9 Å². The first-order chi connectivity index (χ1) is 11.8. The Balaban J connectivity index is 1.67. The summed E-state index contributed by atoms with van der Waals surface area (Å²) < 4.78 is 1.82. The van der Waals surface area contributed by atoms with E-state index in [1.54, 1.807) is 12.4 Å². The lowest BCUT2D eigenvalue weighted by Crippen LogP contribution is -2.43. The summed E-state index contributed by atoms with van der Waals surface area (Å²) in [6.45, 7) is 2.59. The Morgan fingerprint density at radius 1 is 1.21 bits per heavy atom. The molecule has 1 unspecified atom stereocenters. The van der Waals surface area contributed by atoms with Crippen LogP contribution in [0, 0.1) is 0 Å². The third-order valence-electron chi connectivity index (χ3n) is 5.07. The van der Waals surface area contributed by atoms with E-state index in [4.69, 9.17) is 4.98 Å². The van der Waals surface area contributed by atoms with Crippen LogP contribution in [-0.2, 0) is 13.1 Å². The lowest BCUT2D eigenvalue weighted by Gasteiger charge is -2.31. The van der Waals surface area contributed by atoms with Crippen molar-refractivity contribution in [2.45, 2.75) is 32.0 Å². The van der Waals surface area contributed by atoms with Crippen LogP contribution in [0.2, 0.25) is 0 Å². The average Bonchev–Trinajstić information content (AvgIpc) is 3.08. The van der Waals surface area contributed by atoms with Crippen LogP contribution in [0.1, 0.15) is 18.7 Å². The average molecular weight is 319 g/mol. The molecule has 0 spiro atoms. The molecule has 5 heterocycles. The Labute approximate surface area is 138 Å². The van der Waals surface area contributed by atoms with E-state index in [1.807, 2.05) is 28.8 Å². The van der Waals surface area contributed by atoms with Crippen LogP contribution >= 0.6 is 0 Å². The highest BCUT2D eigenvalue weighted by atomic mass is 16.1. The second kappa shape index (κ2) is 5.21.